The van der Waals surface area contributed by atoms with Crippen molar-refractivity contribution in [1.82, 2.24) is 24.8 Å². The predicted molar refractivity (Wildman–Crippen MR) is 105 cm³/mol. The number of hydrogen-bond acceptors (Lipinski definition) is 6. The number of piperidine rings is 1. The highest BCUT2D eigenvalue weighted by molar-refractivity contribution is 5.79. The number of carbonyl (C=O) groups is 1. The van der Waals surface area contributed by atoms with Crippen LogP contribution in [0.2, 0.25) is 0 Å². The smallest absolute Gasteiger partial charge is 0.229 e. The maximum absolute atomic E-state index is 13.1. The molecule has 0 spiro atoms. The summed E-state index contributed by atoms with van der Waals surface area (Å²) < 4.78 is 5.47. The van der Waals surface area contributed by atoms with Crippen molar-refractivity contribution in [2.75, 3.05) is 47.3 Å². The first-order chi connectivity index (χ1) is 12.8. The monoisotopic (exact) mass is 377 g/mol. The third-order valence-corrected chi connectivity index (χ3v) is 6.11. The van der Waals surface area contributed by atoms with Crippen molar-refractivity contribution >= 4 is 5.91 Å². The Morgan fingerprint density at radius 1 is 1.15 bits per heavy atom. The van der Waals surface area contributed by atoms with Crippen LogP contribution < -0.4 is 0 Å². The van der Waals surface area contributed by atoms with Gasteiger partial charge >= 0.3 is 0 Å². The van der Waals surface area contributed by atoms with Crippen molar-refractivity contribution in [2.45, 2.75) is 57.4 Å². The second-order valence-electron chi connectivity index (χ2n) is 8.86. The van der Waals surface area contributed by atoms with Crippen molar-refractivity contribution in [3.63, 3.8) is 0 Å². The summed E-state index contributed by atoms with van der Waals surface area (Å²) in [6.07, 6.45) is 3.89. The molecule has 2 aliphatic rings. The molecule has 2 fully saturated rings. The summed E-state index contributed by atoms with van der Waals surface area (Å²) in [6, 6.07) is 0.534. The van der Waals surface area contributed by atoms with E-state index >= 15 is 0 Å². The van der Waals surface area contributed by atoms with E-state index in [2.05, 4.69) is 59.8 Å². The quantitative estimate of drug-likeness (QED) is 0.801. The van der Waals surface area contributed by atoms with E-state index in [1.807, 2.05) is 0 Å². The fourth-order valence-corrected chi connectivity index (χ4v) is 4.26. The van der Waals surface area contributed by atoms with Crippen LogP contribution in [0.25, 0.3) is 0 Å². The van der Waals surface area contributed by atoms with Gasteiger partial charge in [0.2, 0.25) is 11.8 Å². The van der Waals surface area contributed by atoms with Crippen molar-refractivity contribution in [3.05, 3.63) is 11.7 Å². The Labute approximate surface area is 163 Å². The van der Waals surface area contributed by atoms with Gasteiger partial charge in [-0.15, -0.1) is 0 Å². The molecule has 27 heavy (non-hydrogen) atoms. The topological polar surface area (TPSA) is 65.7 Å². The van der Waals surface area contributed by atoms with Crippen LogP contribution in [0.5, 0.6) is 0 Å². The van der Waals surface area contributed by atoms with Crippen molar-refractivity contribution in [2.24, 2.45) is 5.92 Å². The summed E-state index contributed by atoms with van der Waals surface area (Å²) in [5.74, 6) is 2.53. The molecule has 0 radical (unpaired) electrons. The number of likely N-dealkylation sites (tertiary alicyclic amines) is 2. The van der Waals surface area contributed by atoms with Gasteiger partial charge in [-0.3, -0.25) is 4.79 Å². The maximum Gasteiger partial charge on any atom is 0.229 e. The first-order valence-electron chi connectivity index (χ1n) is 10.3. The van der Waals surface area contributed by atoms with Crippen molar-refractivity contribution in [3.8, 4) is 0 Å². The molecule has 0 saturated carbocycles. The number of nitrogens with zero attached hydrogens (tertiary/aromatic N) is 5. The lowest BCUT2D eigenvalue weighted by Crippen LogP contribution is -2.44. The molecule has 0 N–H and O–H groups in total. The molecule has 0 unspecified atom stereocenters. The lowest BCUT2D eigenvalue weighted by molar-refractivity contribution is -0.137. The van der Waals surface area contributed by atoms with E-state index in [-0.39, 0.29) is 17.8 Å². The Kier molecular flexibility index (Phi) is 6.52. The lowest BCUT2D eigenvalue weighted by atomic mass is 9.94. The van der Waals surface area contributed by atoms with E-state index in [0.717, 1.165) is 63.6 Å². The summed E-state index contributed by atoms with van der Waals surface area (Å²) in [7, 11) is 6.40. The van der Waals surface area contributed by atoms with Crippen LogP contribution in [0.3, 0.4) is 0 Å². The minimum atomic E-state index is 0.118. The van der Waals surface area contributed by atoms with Crippen LogP contribution in [-0.2, 0) is 4.79 Å². The van der Waals surface area contributed by atoms with Gasteiger partial charge in [-0.25, -0.2) is 0 Å². The molecular formula is C20H35N5O2. The van der Waals surface area contributed by atoms with Gasteiger partial charge in [0.1, 0.15) is 0 Å². The minimum absolute atomic E-state index is 0.118. The van der Waals surface area contributed by atoms with Crippen LogP contribution in [0.1, 0.15) is 63.1 Å². The van der Waals surface area contributed by atoms with E-state index in [9.17, 15) is 4.79 Å². The number of hydrogen-bond donors (Lipinski definition) is 0. The molecule has 0 aliphatic carbocycles. The molecule has 2 saturated heterocycles. The zero-order valence-electron chi connectivity index (χ0n) is 17.5. The molecule has 3 heterocycles. The van der Waals surface area contributed by atoms with Gasteiger partial charge in [-0.1, -0.05) is 19.0 Å². The molecule has 2 aliphatic heterocycles. The van der Waals surface area contributed by atoms with Crippen LogP contribution in [0.4, 0.5) is 0 Å². The first-order valence-corrected chi connectivity index (χ1v) is 10.3. The van der Waals surface area contributed by atoms with Gasteiger partial charge in [0.05, 0.1) is 5.92 Å². The molecule has 1 aromatic heterocycles. The van der Waals surface area contributed by atoms with E-state index in [0.29, 0.717) is 11.9 Å². The molecule has 0 aromatic carbocycles. The normalized spacial score (nSPS) is 26.0. The maximum atomic E-state index is 13.1. The third-order valence-electron chi connectivity index (χ3n) is 6.11. The Balaban J connectivity index is 1.54. The largest absolute Gasteiger partial charge is 0.342 e. The van der Waals surface area contributed by atoms with Crippen LogP contribution in [0.15, 0.2) is 4.52 Å². The summed E-state index contributed by atoms with van der Waals surface area (Å²) in [5.41, 5.74) is 0. The predicted octanol–water partition coefficient (Wildman–Crippen LogP) is 2.17. The summed E-state index contributed by atoms with van der Waals surface area (Å²) in [5, 5.41) is 4.08. The fourth-order valence-electron chi connectivity index (χ4n) is 4.26. The molecule has 3 rings (SSSR count). The fraction of sp³-hybridized carbons (Fsp3) is 0.850. The number of carbonyl (C=O) groups excluding carboxylic acids is 1. The Morgan fingerprint density at radius 3 is 2.44 bits per heavy atom. The average molecular weight is 378 g/mol. The molecular weight excluding hydrogens is 342 g/mol. The highest BCUT2D eigenvalue weighted by Crippen LogP contribution is 2.29. The SMILES string of the molecule is CC(C)c1noc(C2CCN(C(=O)[C@@H]3CC[C@H](N(C)C)CN(C)C3)CC2)n1. The van der Waals surface area contributed by atoms with Crippen molar-refractivity contribution < 1.29 is 9.32 Å². The Morgan fingerprint density at radius 2 is 1.85 bits per heavy atom. The van der Waals surface area contributed by atoms with Gasteiger partial charge in [-0.05, 0) is 46.8 Å². The molecule has 0 bridgehead atoms. The van der Waals surface area contributed by atoms with Crippen LogP contribution in [-0.4, -0.2) is 84.1 Å². The number of likely N-dealkylation sites (N-methyl/N-ethyl adjacent to an activating group) is 2. The summed E-state index contributed by atoms with van der Waals surface area (Å²) in [6.45, 7) is 7.63. The minimum Gasteiger partial charge on any atom is -0.342 e. The van der Waals surface area contributed by atoms with Crippen LogP contribution in [0, 0.1) is 5.92 Å². The average Bonchev–Trinajstić information content (AvgIpc) is 3.05. The van der Waals surface area contributed by atoms with E-state index < -0.39 is 0 Å². The lowest BCUT2D eigenvalue weighted by Gasteiger charge is -2.33. The van der Waals surface area contributed by atoms with Gasteiger partial charge in [0, 0.05) is 44.1 Å². The second kappa shape index (κ2) is 8.69. The molecule has 7 nitrogen and oxygen atoms in total. The highest BCUT2D eigenvalue weighted by Gasteiger charge is 2.33. The molecule has 1 aromatic rings. The van der Waals surface area contributed by atoms with E-state index in [1.165, 1.54) is 0 Å². The molecule has 2 atom stereocenters. The molecule has 1 amide bonds. The van der Waals surface area contributed by atoms with E-state index in [4.69, 9.17) is 4.52 Å². The molecule has 7 heteroatoms. The number of amides is 1. The van der Waals surface area contributed by atoms with Gasteiger partial charge < -0.3 is 19.2 Å². The first kappa shape index (κ1) is 20.3. The van der Waals surface area contributed by atoms with Gasteiger partial charge in [0.25, 0.3) is 0 Å². The third kappa shape index (κ3) is 4.88. The highest BCUT2D eigenvalue weighted by atomic mass is 16.5. The summed E-state index contributed by atoms with van der Waals surface area (Å²) >= 11 is 0. The van der Waals surface area contributed by atoms with Gasteiger partial charge in [0.15, 0.2) is 5.82 Å². The van der Waals surface area contributed by atoms with Gasteiger partial charge in [-0.2, -0.15) is 4.98 Å². The standard InChI is InChI=1S/C20H35N5O2/c1-14(2)18-21-19(27-22-18)15-8-10-25(11-9-15)20(26)16-6-7-17(23(3)4)13-24(5)12-16/h14-17H,6-13H2,1-5H3/t16-,17+/m1/s1. The zero-order chi connectivity index (χ0) is 19.6. The zero-order valence-corrected chi connectivity index (χ0v) is 17.5. The van der Waals surface area contributed by atoms with Crippen molar-refractivity contribution in [1.29, 1.82) is 0 Å². The second-order valence-corrected chi connectivity index (χ2v) is 8.86. The number of rotatable bonds is 4. The Bertz CT molecular complexity index is 622. The molecule has 152 valence electrons. The van der Waals surface area contributed by atoms with Crippen LogP contribution >= 0.6 is 0 Å². The van der Waals surface area contributed by atoms with E-state index in [1.54, 1.807) is 0 Å². The number of aromatic nitrogens is 2. The summed E-state index contributed by atoms with van der Waals surface area (Å²) in [4.78, 5) is 24.3. The Hall–Kier alpha value is -1.47.